The minimum atomic E-state index is -1.69. The summed E-state index contributed by atoms with van der Waals surface area (Å²) in [5.41, 5.74) is 0. The highest BCUT2D eigenvalue weighted by molar-refractivity contribution is 6.84. The van der Waals surface area contributed by atoms with Crippen LogP contribution in [0.15, 0.2) is 24.3 Å². The first-order valence-corrected chi connectivity index (χ1v) is 8.29. The summed E-state index contributed by atoms with van der Waals surface area (Å²) >= 11 is 0. The lowest BCUT2D eigenvalue weighted by Gasteiger charge is -2.23. The molecule has 0 aliphatic heterocycles. The molecule has 0 fully saturated rings. The number of hydrogen-bond acceptors (Lipinski definition) is 2. The molecule has 0 aliphatic rings. The fourth-order valence-corrected chi connectivity index (χ4v) is 3.28. The molecule has 0 amide bonds. The van der Waals surface area contributed by atoms with E-state index < -0.39 is 8.32 Å². The fraction of sp³-hybridized carbons (Fsp3) is 0.500. The zero-order chi connectivity index (χ0) is 11.3. The molecule has 1 aromatic rings. The Hall–Kier alpha value is -0.803. The first-order valence-electron chi connectivity index (χ1n) is 5.38. The second kappa shape index (κ2) is 5.33. The molecule has 1 rings (SSSR count). The lowest BCUT2D eigenvalue weighted by Crippen LogP contribution is -2.44. The molecule has 0 saturated carbocycles. The van der Waals surface area contributed by atoms with Crippen LogP contribution in [0.1, 0.15) is 13.3 Å². The minimum absolute atomic E-state index is 0.852. The van der Waals surface area contributed by atoms with Crippen molar-refractivity contribution in [3.05, 3.63) is 24.3 Å². The molecule has 0 spiro atoms. The van der Waals surface area contributed by atoms with Gasteiger partial charge in [-0.2, -0.15) is 0 Å². The summed E-state index contributed by atoms with van der Waals surface area (Å²) < 4.78 is 11.1. The molecular formula is C12H20O2Si. The van der Waals surface area contributed by atoms with Crippen LogP contribution in [0.3, 0.4) is 0 Å². The Morgan fingerprint density at radius 3 is 2.20 bits per heavy atom. The SMILES string of the molecule is CCCO[Si](C)(C)c1ccc(OC)cc1. The zero-order valence-corrected chi connectivity index (χ0v) is 11.0. The summed E-state index contributed by atoms with van der Waals surface area (Å²) in [7, 11) is -0.00596. The van der Waals surface area contributed by atoms with Gasteiger partial charge in [0, 0.05) is 6.61 Å². The molecule has 1 aromatic carbocycles. The summed E-state index contributed by atoms with van der Waals surface area (Å²) in [6.45, 7) is 7.44. The van der Waals surface area contributed by atoms with E-state index >= 15 is 0 Å². The van der Waals surface area contributed by atoms with Crippen molar-refractivity contribution in [1.29, 1.82) is 0 Å². The second-order valence-corrected chi connectivity index (χ2v) is 7.97. The van der Waals surface area contributed by atoms with E-state index in [0.29, 0.717) is 0 Å². The molecule has 0 bridgehead atoms. The summed E-state index contributed by atoms with van der Waals surface area (Å²) in [6, 6.07) is 8.22. The first-order chi connectivity index (χ1) is 7.10. The fourth-order valence-electron chi connectivity index (χ4n) is 1.43. The van der Waals surface area contributed by atoms with Gasteiger partial charge < -0.3 is 9.16 Å². The lowest BCUT2D eigenvalue weighted by atomic mass is 10.3. The van der Waals surface area contributed by atoms with Crippen molar-refractivity contribution in [3.8, 4) is 5.75 Å². The quantitative estimate of drug-likeness (QED) is 0.716. The van der Waals surface area contributed by atoms with E-state index in [4.69, 9.17) is 9.16 Å². The average Bonchev–Trinajstić information content (AvgIpc) is 2.26. The van der Waals surface area contributed by atoms with Gasteiger partial charge in [-0.25, -0.2) is 0 Å². The maximum Gasteiger partial charge on any atom is 0.218 e. The summed E-state index contributed by atoms with van der Waals surface area (Å²) in [6.07, 6.45) is 1.08. The summed E-state index contributed by atoms with van der Waals surface area (Å²) in [5, 5.41) is 1.32. The van der Waals surface area contributed by atoms with E-state index in [0.717, 1.165) is 18.8 Å². The standard InChI is InChI=1S/C12H20O2Si/c1-5-10-14-15(3,4)12-8-6-11(13-2)7-9-12/h6-9H,5,10H2,1-4H3. The van der Waals surface area contributed by atoms with Crippen LogP contribution in [0.2, 0.25) is 13.1 Å². The van der Waals surface area contributed by atoms with Crippen LogP contribution in [0.4, 0.5) is 0 Å². The highest BCUT2D eigenvalue weighted by atomic mass is 28.4. The van der Waals surface area contributed by atoms with E-state index in [-0.39, 0.29) is 0 Å². The van der Waals surface area contributed by atoms with Gasteiger partial charge in [-0.05, 0) is 36.8 Å². The molecule has 0 saturated heterocycles. The van der Waals surface area contributed by atoms with E-state index in [2.05, 4.69) is 32.2 Å². The molecule has 0 atom stereocenters. The van der Waals surface area contributed by atoms with E-state index in [9.17, 15) is 0 Å². The maximum absolute atomic E-state index is 5.94. The van der Waals surface area contributed by atoms with Gasteiger partial charge in [0.25, 0.3) is 0 Å². The van der Waals surface area contributed by atoms with Gasteiger partial charge in [0.15, 0.2) is 0 Å². The number of methoxy groups -OCH3 is 1. The van der Waals surface area contributed by atoms with Crippen LogP contribution < -0.4 is 9.92 Å². The molecule has 84 valence electrons. The molecule has 0 heterocycles. The maximum atomic E-state index is 5.94. The third-order valence-electron chi connectivity index (χ3n) is 2.45. The summed E-state index contributed by atoms with van der Waals surface area (Å²) in [4.78, 5) is 0. The predicted octanol–water partition coefficient (Wildman–Crippen LogP) is 2.53. The van der Waals surface area contributed by atoms with Crippen molar-refractivity contribution < 1.29 is 9.16 Å². The van der Waals surface area contributed by atoms with Gasteiger partial charge in [-0.3, -0.25) is 0 Å². The smallest absolute Gasteiger partial charge is 0.218 e. The van der Waals surface area contributed by atoms with Crippen molar-refractivity contribution >= 4 is 13.5 Å². The Labute approximate surface area is 93.4 Å². The molecular weight excluding hydrogens is 204 g/mol. The zero-order valence-electron chi connectivity index (χ0n) is 10.0. The van der Waals surface area contributed by atoms with Crippen LogP contribution in [-0.4, -0.2) is 22.0 Å². The average molecular weight is 224 g/mol. The molecule has 3 heteroatoms. The van der Waals surface area contributed by atoms with Crippen molar-refractivity contribution in [2.24, 2.45) is 0 Å². The van der Waals surface area contributed by atoms with Gasteiger partial charge in [-0.15, -0.1) is 0 Å². The summed E-state index contributed by atoms with van der Waals surface area (Å²) in [5.74, 6) is 0.902. The second-order valence-electron chi connectivity index (χ2n) is 4.09. The topological polar surface area (TPSA) is 18.5 Å². The van der Waals surface area contributed by atoms with Gasteiger partial charge in [0.1, 0.15) is 5.75 Å². The highest BCUT2D eigenvalue weighted by Crippen LogP contribution is 2.11. The molecule has 0 unspecified atom stereocenters. The van der Waals surface area contributed by atoms with Crippen LogP contribution in [-0.2, 0) is 4.43 Å². The Balaban J connectivity index is 2.75. The van der Waals surface area contributed by atoms with Crippen molar-refractivity contribution in [2.45, 2.75) is 26.4 Å². The largest absolute Gasteiger partial charge is 0.497 e. The van der Waals surface area contributed by atoms with Crippen LogP contribution in [0, 0.1) is 0 Å². The minimum Gasteiger partial charge on any atom is -0.497 e. The molecule has 2 nitrogen and oxygen atoms in total. The Bertz CT molecular complexity index is 293. The third-order valence-corrected chi connectivity index (χ3v) is 5.10. The number of ether oxygens (including phenoxy) is 1. The van der Waals surface area contributed by atoms with Gasteiger partial charge in [-0.1, -0.05) is 19.1 Å². The first kappa shape index (κ1) is 12.3. The van der Waals surface area contributed by atoms with E-state index in [1.165, 1.54) is 5.19 Å². The predicted molar refractivity (Wildman–Crippen MR) is 66.4 cm³/mol. The Morgan fingerprint density at radius 2 is 1.73 bits per heavy atom. The lowest BCUT2D eigenvalue weighted by molar-refractivity contribution is 0.315. The van der Waals surface area contributed by atoms with Gasteiger partial charge in [0.05, 0.1) is 7.11 Å². The van der Waals surface area contributed by atoms with Crippen LogP contribution >= 0.6 is 0 Å². The molecule has 0 aromatic heterocycles. The van der Waals surface area contributed by atoms with Gasteiger partial charge in [0.2, 0.25) is 8.32 Å². The van der Waals surface area contributed by atoms with Crippen molar-refractivity contribution in [3.63, 3.8) is 0 Å². The number of benzene rings is 1. The molecule has 0 N–H and O–H groups in total. The highest BCUT2D eigenvalue weighted by Gasteiger charge is 2.24. The molecule has 0 aliphatic carbocycles. The molecule has 0 radical (unpaired) electrons. The van der Waals surface area contributed by atoms with Crippen LogP contribution in [0.25, 0.3) is 0 Å². The number of hydrogen-bond donors (Lipinski definition) is 0. The van der Waals surface area contributed by atoms with Gasteiger partial charge >= 0.3 is 0 Å². The van der Waals surface area contributed by atoms with E-state index in [1.54, 1.807) is 7.11 Å². The van der Waals surface area contributed by atoms with E-state index in [1.807, 2.05) is 12.1 Å². The normalized spacial score (nSPS) is 11.5. The Kier molecular flexibility index (Phi) is 4.36. The monoisotopic (exact) mass is 224 g/mol. The van der Waals surface area contributed by atoms with Crippen LogP contribution in [0.5, 0.6) is 5.75 Å². The Morgan fingerprint density at radius 1 is 1.13 bits per heavy atom. The molecule has 15 heavy (non-hydrogen) atoms. The third kappa shape index (κ3) is 3.36. The number of rotatable bonds is 5. The van der Waals surface area contributed by atoms with Crippen molar-refractivity contribution in [2.75, 3.05) is 13.7 Å². The van der Waals surface area contributed by atoms with Crippen molar-refractivity contribution in [1.82, 2.24) is 0 Å².